The first kappa shape index (κ1) is 11.4. The molecule has 0 bridgehead atoms. The highest BCUT2D eigenvalue weighted by atomic mass is 16.2. The van der Waals surface area contributed by atoms with Gasteiger partial charge in [-0.05, 0) is 21.0 Å². The zero-order chi connectivity index (χ0) is 11.4. The Hall–Kier alpha value is -1.63. The smallest absolute Gasteiger partial charge is 0.288 e. The molecule has 0 aromatic carbocycles. The Morgan fingerprint density at radius 1 is 1.67 bits per heavy atom. The maximum absolute atomic E-state index is 11.5. The third kappa shape index (κ3) is 3.21. The zero-order valence-corrected chi connectivity index (χ0v) is 9.11. The minimum absolute atomic E-state index is 0.0702. The van der Waals surface area contributed by atoms with Gasteiger partial charge in [-0.25, -0.2) is 0 Å². The number of carbonyl (C=O) groups excluding carboxylic acids is 1. The summed E-state index contributed by atoms with van der Waals surface area (Å²) in [5.74, 6) is -0.0906. The van der Waals surface area contributed by atoms with E-state index in [-0.39, 0.29) is 23.7 Å². The van der Waals surface area contributed by atoms with Crippen LogP contribution in [0, 0.1) is 0 Å². The van der Waals surface area contributed by atoms with E-state index in [1.807, 2.05) is 25.9 Å². The highest BCUT2D eigenvalue weighted by Crippen LogP contribution is 1.94. The van der Waals surface area contributed by atoms with Crippen LogP contribution < -0.4 is 11.1 Å². The second kappa shape index (κ2) is 4.74. The van der Waals surface area contributed by atoms with Crippen molar-refractivity contribution in [2.45, 2.75) is 13.0 Å². The first-order valence-electron chi connectivity index (χ1n) is 4.63. The Kier molecular flexibility index (Phi) is 3.62. The van der Waals surface area contributed by atoms with E-state index in [1.54, 1.807) is 0 Å². The molecule has 1 unspecified atom stereocenters. The van der Waals surface area contributed by atoms with Crippen LogP contribution in [-0.2, 0) is 0 Å². The van der Waals surface area contributed by atoms with Gasteiger partial charge in [0.15, 0.2) is 0 Å². The maximum atomic E-state index is 11.5. The van der Waals surface area contributed by atoms with Crippen molar-refractivity contribution in [1.29, 1.82) is 0 Å². The van der Waals surface area contributed by atoms with Crippen LogP contribution in [0.15, 0.2) is 0 Å². The third-order valence-corrected chi connectivity index (χ3v) is 2.16. The Morgan fingerprint density at radius 3 is 2.80 bits per heavy atom. The minimum atomic E-state index is -0.298. The van der Waals surface area contributed by atoms with E-state index in [1.165, 1.54) is 0 Å². The van der Waals surface area contributed by atoms with E-state index in [2.05, 4.69) is 20.5 Å². The number of nitrogen functional groups attached to an aromatic ring is 1. The zero-order valence-electron chi connectivity index (χ0n) is 9.11. The van der Waals surface area contributed by atoms with Crippen molar-refractivity contribution < 1.29 is 4.79 Å². The van der Waals surface area contributed by atoms with Crippen molar-refractivity contribution in [2.24, 2.45) is 0 Å². The lowest BCUT2D eigenvalue weighted by atomic mass is 10.3. The van der Waals surface area contributed by atoms with Crippen LogP contribution in [0.5, 0.6) is 0 Å². The summed E-state index contributed by atoms with van der Waals surface area (Å²) in [7, 11) is 3.90. The molecule has 0 aliphatic carbocycles. The number of rotatable bonds is 4. The molecule has 0 aliphatic heterocycles. The molecule has 84 valence electrons. The first-order valence-corrected chi connectivity index (χ1v) is 4.63. The molecule has 0 radical (unpaired) electrons. The monoisotopic (exact) mass is 212 g/mol. The quantitative estimate of drug-likeness (QED) is 0.598. The molecule has 1 rings (SSSR count). The highest BCUT2D eigenvalue weighted by Gasteiger charge is 2.12. The number of carbonyl (C=O) groups is 1. The molecular weight excluding hydrogens is 196 g/mol. The molecule has 1 heterocycles. The number of amides is 1. The molecule has 1 amide bonds. The van der Waals surface area contributed by atoms with Crippen molar-refractivity contribution in [3.63, 3.8) is 0 Å². The highest BCUT2D eigenvalue weighted by molar-refractivity contribution is 5.90. The van der Waals surface area contributed by atoms with E-state index in [9.17, 15) is 4.79 Å². The summed E-state index contributed by atoms with van der Waals surface area (Å²) in [4.78, 5) is 17.2. The molecule has 0 spiro atoms. The van der Waals surface area contributed by atoms with Gasteiger partial charge >= 0.3 is 0 Å². The first-order chi connectivity index (χ1) is 7.00. The van der Waals surface area contributed by atoms with Gasteiger partial charge in [0.25, 0.3) is 5.91 Å². The SMILES string of the molecule is CC(CNC(=O)c1nc(N)n[nH]1)N(C)C. The van der Waals surface area contributed by atoms with Gasteiger partial charge < -0.3 is 16.0 Å². The predicted octanol–water partition coefficient (Wildman–Crippen LogP) is -0.933. The van der Waals surface area contributed by atoms with Crippen molar-refractivity contribution >= 4 is 11.9 Å². The summed E-state index contributed by atoms with van der Waals surface area (Å²) in [6, 6.07) is 0.259. The Balaban J connectivity index is 2.43. The van der Waals surface area contributed by atoms with Crippen LogP contribution in [0.4, 0.5) is 5.95 Å². The molecule has 7 nitrogen and oxygen atoms in total. The second-order valence-electron chi connectivity index (χ2n) is 3.56. The predicted molar refractivity (Wildman–Crippen MR) is 56.3 cm³/mol. The Labute approximate surface area is 88.0 Å². The summed E-state index contributed by atoms with van der Waals surface area (Å²) in [6.07, 6.45) is 0. The molecule has 15 heavy (non-hydrogen) atoms. The summed E-state index contributed by atoms with van der Waals surface area (Å²) in [6.45, 7) is 2.56. The van der Waals surface area contributed by atoms with E-state index in [4.69, 9.17) is 5.73 Å². The van der Waals surface area contributed by atoms with Gasteiger partial charge in [0, 0.05) is 12.6 Å². The summed E-state index contributed by atoms with van der Waals surface area (Å²) >= 11 is 0. The number of hydrogen-bond donors (Lipinski definition) is 3. The number of aromatic nitrogens is 3. The molecule has 1 aromatic heterocycles. The lowest BCUT2D eigenvalue weighted by Gasteiger charge is -2.19. The van der Waals surface area contributed by atoms with Crippen molar-refractivity contribution in [2.75, 3.05) is 26.4 Å². The molecule has 1 aromatic rings. The molecule has 0 aliphatic rings. The lowest BCUT2D eigenvalue weighted by Crippen LogP contribution is -2.38. The number of nitrogens with two attached hydrogens (primary N) is 1. The molecule has 7 heteroatoms. The average molecular weight is 212 g/mol. The average Bonchev–Trinajstić information content (AvgIpc) is 2.60. The van der Waals surface area contributed by atoms with Crippen molar-refractivity contribution in [1.82, 2.24) is 25.4 Å². The number of H-pyrrole nitrogens is 1. The fraction of sp³-hybridized carbons (Fsp3) is 0.625. The number of hydrogen-bond acceptors (Lipinski definition) is 5. The molecule has 4 N–H and O–H groups in total. The summed E-state index contributed by atoms with van der Waals surface area (Å²) in [5, 5.41) is 8.74. The largest absolute Gasteiger partial charge is 0.366 e. The molecule has 0 fully saturated rings. The van der Waals surface area contributed by atoms with E-state index >= 15 is 0 Å². The van der Waals surface area contributed by atoms with Crippen LogP contribution in [0.25, 0.3) is 0 Å². The van der Waals surface area contributed by atoms with E-state index < -0.39 is 0 Å². The van der Waals surface area contributed by atoms with Crippen LogP contribution in [-0.4, -0.2) is 52.7 Å². The van der Waals surface area contributed by atoms with Gasteiger partial charge in [-0.2, -0.15) is 4.98 Å². The van der Waals surface area contributed by atoms with Gasteiger partial charge in [0.2, 0.25) is 11.8 Å². The van der Waals surface area contributed by atoms with Crippen LogP contribution >= 0.6 is 0 Å². The fourth-order valence-electron chi connectivity index (χ4n) is 0.883. The van der Waals surface area contributed by atoms with E-state index in [0.717, 1.165) is 0 Å². The van der Waals surface area contributed by atoms with Gasteiger partial charge in [-0.3, -0.25) is 9.89 Å². The molecular formula is C8H16N6O. The van der Waals surface area contributed by atoms with E-state index in [0.29, 0.717) is 6.54 Å². The van der Waals surface area contributed by atoms with Gasteiger partial charge in [0.05, 0.1) is 0 Å². The normalized spacial score (nSPS) is 12.8. The van der Waals surface area contributed by atoms with Crippen LogP contribution in [0.1, 0.15) is 17.5 Å². The second-order valence-corrected chi connectivity index (χ2v) is 3.56. The lowest BCUT2D eigenvalue weighted by molar-refractivity contribution is 0.0933. The van der Waals surface area contributed by atoms with Gasteiger partial charge in [-0.1, -0.05) is 0 Å². The molecule has 0 saturated heterocycles. The molecule has 0 saturated carbocycles. The fourth-order valence-corrected chi connectivity index (χ4v) is 0.883. The topological polar surface area (TPSA) is 99.9 Å². The number of nitrogens with zero attached hydrogens (tertiary/aromatic N) is 3. The number of likely N-dealkylation sites (N-methyl/N-ethyl adjacent to an activating group) is 1. The summed E-state index contributed by atoms with van der Waals surface area (Å²) < 4.78 is 0. The van der Waals surface area contributed by atoms with Crippen molar-refractivity contribution in [3.05, 3.63) is 5.82 Å². The van der Waals surface area contributed by atoms with Crippen molar-refractivity contribution in [3.8, 4) is 0 Å². The number of anilines is 1. The summed E-state index contributed by atoms with van der Waals surface area (Å²) in [5.41, 5.74) is 5.28. The van der Waals surface area contributed by atoms with Gasteiger partial charge in [-0.15, -0.1) is 5.10 Å². The van der Waals surface area contributed by atoms with Crippen LogP contribution in [0.2, 0.25) is 0 Å². The van der Waals surface area contributed by atoms with Crippen LogP contribution in [0.3, 0.4) is 0 Å². The maximum Gasteiger partial charge on any atom is 0.288 e. The van der Waals surface area contributed by atoms with Gasteiger partial charge in [0.1, 0.15) is 0 Å². The third-order valence-electron chi connectivity index (χ3n) is 2.16. The number of aromatic amines is 1. The Morgan fingerprint density at radius 2 is 2.33 bits per heavy atom. The Bertz CT molecular complexity index is 334. The number of nitrogens with one attached hydrogen (secondary N) is 2. The molecule has 1 atom stereocenters. The standard InChI is InChI=1S/C8H16N6O/c1-5(14(2)3)4-10-7(15)6-11-8(9)13-12-6/h5H,4H2,1-3H3,(H,10,15)(H3,9,11,12,13). The minimum Gasteiger partial charge on any atom is -0.366 e.